The highest BCUT2D eigenvalue weighted by atomic mass is 16.5. The van der Waals surface area contributed by atoms with Crippen molar-refractivity contribution in [2.75, 3.05) is 38.9 Å². The van der Waals surface area contributed by atoms with Gasteiger partial charge in [0.25, 0.3) is 0 Å². The number of ether oxygens (including phenoxy) is 2. The van der Waals surface area contributed by atoms with Gasteiger partial charge in [-0.25, -0.2) is 0 Å². The van der Waals surface area contributed by atoms with Crippen LogP contribution in [0.25, 0.3) is 0 Å². The number of azo groups is 1. The molecule has 2 N–H and O–H groups in total. The van der Waals surface area contributed by atoms with E-state index in [0.29, 0.717) is 22.9 Å². The Morgan fingerprint density at radius 2 is 1.45 bits per heavy atom. The molecule has 116 valence electrons. The molecule has 0 saturated heterocycles. The van der Waals surface area contributed by atoms with Gasteiger partial charge in [-0.3, -0.25) is 0 Å². The largest absolute Gasteiger partial charge is 0.494 e. The molecule has 6 nitrogen and oxygen atoms in total. The summed E-state index contributed by atoms with van der Waals surface area (Å²) in [6.07, 6.45) is 0. The van der Waals surface area contributed by atoms with E-state index in [1.54, 1.807) is 26.4 Å². The molecule has 2 rings (SSSR count). The van der Waals surface area contributed by atoms with Gasteiger partial charge >= 0.3 is 0 Å². The van der Waals surface area contributed by atoms with Gasteiger partial charge in [0.15, 0.2) is 17.2 Å². The third-order valence-corrected chi connectivity index (χ3v) is 3.13. The maximum Gasteiger partial charge on any atom is 0.170 e. The number of nitrogens with two attached hydrogens (primary N) is 1. The summed E-state index contributed by atoms with van der Waals surface area (Å²) in [5, 5.41) is 8.47. The average molecular weight is 300 g/mol. The van der Waals surface area contributed by atoms with Crippen LogP contribution in [0, 0.1) is 0 Å². The van der Waals surface area contributed by atoms with Gasteiger partial charge in [0.05, 0.1) is 19.9 Å². The van der Waals surface area contributed by atoms with Gasteiger partial charge < -0.3 is 20.1 Å². The molecule has 0 radical (unpaired) electrons. The normalized spacial score (nSPS) is 10.7. The van der Waals surface area contributed by atoms with Crippen molar-refractivity contribution in [2.45, 2.75) is 0 Å². The first-order valence-electron chi connectivity index (χ1n) is 6.75. The van der Waals surface area contributed by atoms with Gasteiger partial charge in [-0.05, 0) is 24.3 Å². The van der Waals surface area contributed by atoms with Crippen molar-refractivity contribution in [3.05, 3.63) is 36.4 Å². The quantitative estimate of drug-likeness (QED) is 0.674. The van der Waals surface area contributed by atoms with Crippen LogP contribution >= 0.6 is 0 Å². The summed E-state index contributed by atoms with van der Waals surface area (Å²) in [5.74, 6) is 1.04. The van der Waals surface area contributed by atoms with Crippen molar-refractivity contribution in [2.24, 2.45) is 10.2 Å². The lowest BCUT2D eigenvalue weighted by Gasteiger charge is -2.11. The second kappa shape index (κ2) is 6.80. The highest BCUT2D eigenvalue weighted by Gasteiger charge is 2.11. The molecule has 0 aromatic heterocycles. The smallest absolute Gasteiger partial charge is 0.170 e. The Balaban J connectivity index is 2.33. The summed E-state index contributed by atoms with van der Waals surface area (Å²) in [4.78, 5) is 2.02. The van der Waals surface area contributed by atoms with Gasteiger partial charge in [0.2, 0.25) is 0 Å². The van der Waals surface area contributed by atoms with Gasteiger partial charge in [-0.2, -0.15) is 5.11 Å². The third kappa shape index (κ3) is 3.46. The van der Waals surface area contributed by atoms with Crippen LogP contribution in [0.1, 0.15) is 0 Å². The minimum absolute atomic E-state index is 0.510. The zero-order valence-electron chi connectivity index (χ0n) is 13.2. The molecule has 2 aromatic rings. The number of hydrogen-bond donors (Lipinski definition) is 1. The van der Waals surface area contributed by atoms with E-state index in [4.69, 9.17) is 15.2 Å². The fourth-order valence-corrected chi connectivity index (χ4v) is 1.94. The molecule has 0 fully saturated rings. The molecule has 0 atom stereocenters. The number of hydrogen-bond acceptors (Lipinski definition) is 6. The van der Waals surface area contributed by atoms with Gasteiger partial charge in [-0.1, -0.05) is 0 Å². The van der Waals surface area contributed by atoms with E-state index in [0.717, 1.165) is 11.4 Å². The molecule has 0 unspecified atom stereocenters. The molecule has 0 aliphatic heterocycles. The second-order valence-electron chi connectivity index (χ2n) is 4.88. The lowest BCUT2D eigenvalue weighted by molar-refractivity contribution is 0.397. The Labute approximate surface area is 130 Å². The SMILES string of the molecule is COc1cc(N)cc(OC)c1/N=N/c1ccc(N(C)C)cc1. The first kappa shape index (κ1) is 15.6. The second-order valence-corrected chi connectivity index (χ2v) is 4.88. The first-order chi connectivity index (χ1) is 10.5. The molecule has 2 aromatic carbocycles. The van der Waals surface area contributed by atoms with Crippen LogP contribution in [0.4, 0.5) is 22.7 Å². The summed E-state index contributed by atoms with van der Waals surface area (Å²) in [5.41, 5.74) is 8.69. The summed E-state index contributed by atoms with van der Waals surface area (Å²) in [6, 6.07) is 11.1. The van der Waals surface area contributed by atoms with Gasteiger partial charge in [0.1, 0.15) is 0 Å². The van der Waals surface area contributed by atoms with Crippen molar-refractivity contribution < 1.29 is 9.47 Å². The topological polar surface area (TPSA) is 72.4 Å². The molecule has 6 heteroatoms. The Bertz CT molecular complexity index is 641. The molecule has 0 bridgehead atoms. The highest BCUT2D eigenvalue weighted by molar-refractivity contribution is 5.68. The fraction of sp³-hybridized carbons (Fsp3) is 0.250. The molecule has 0 aliphatic carbocycles. The van der Waals surface area contributed by atoms with Crippen LogP contribution in [0.3, 0.4) is 0 Å². The number of nitrogens with zero attached hydrogens (tertiary/aromatic N) is 3. The van der Waals surface area contributed by atoms with E-state index in [2.05, 4.69) is 10.2 Å². The van der Waals surface area contributed by atoms with Crippen molar-refractivity contribution in [3.8, 4) is 11.5 Å². The number of nitrogen functional groups attached to an aromatic ring is 1. The zero-order valence-corrected chi connectivity index (χ0v) is 13.2. The Hall–Kier alpha value is -2.76. The first-order valence-corrected chi connectivity index (χ1v) is 6.75. The van der Waals surface area contributed by atoms with Crippen LogP contribution in [0.2, 0.25) is 0 Å². The predicted molar refractivity (Wildman–Crippen MR) is 88.9 cm³/mol. The number of benzene rings is 2. The summed E-state index contributed by atoms with van der Waals surface area (Å²) in [6.45, 7) is 0. The van der Waals surface area contributed by atoms with Gasteiger partial charge in [-0.15, -0.1) is 5.11 Å². The van der Waals surface area contributed by atoms with Crippen LogP contribution in [0.15, 0.2) is 46.6 Å². The van der Waals surface area contributed by atoms with E-state index in [9.17, 15) is 0 Å². The molecule has 0 heterocycles. The minimum Gasteiger partial charge on any atom is -0.494 e. The molecule has 0 spiro atoms. The number of anilines is 2. The van der Waals surface area contributed by atoms with E-state index in [1.807, 2.05) is 43.3 Å². The van der Waals surface area contributed by atoms with Crippen molar-refractivity contribution in [1.82, 2.24) is 0 Å². The van der Waals surface area contributed by atoms with E-state index in [-0.39, 0.29) is 0 Å². The number of methoxy groups -OCH3 is 2. The Morgan fingerprint density at radius 3 is 1.91 bits per heavy atom. The Morgan fingerprint density at radius 1 is 0.909 bits per heavy atom. The predicted octanol–water partition coefficient (Wildman–Crippen LogP) is 3.77. The highest BCUT2D eigenvalue weighted by Crippen LogP contribution is 2.40. The lowest BCUT2D eigenvalue weighted by Crippen LogP contribution is -2.07. The summed E-state index contributed by atoms with van der Waals surface area (Å²) in [7, 11) is 7.08. The summed E-state index contributed by atoms with van der Waals surface area (Å²) >= 11 is 0. The maximum absolute atomic E-state index is 5.79. The molecular formula is C16H20N4O2. The maximum atomic E-state index is 5.79. The Kier molecular flexibility index (Phi) is 4.83. The van der Waals surface area contributed by atoms with Crippen LogP contribution in [0.5, 0.6) is 11.5 Å². The lowest BCUT2D eigenvalue weighted by atomic mass is 10.2. The van der Waals surface area contributed by atoms with Crippen molar-refractivity contribution >= 4 is 22.7 Å². The average Bonchev–Trinajstić information content (AvgIpc) is 2.53. The van der Waals surface area contributed by atoms with Crippen molar-refractivity contribution in [1.29, 1.82) is 0 Å². The third-order valence-electron chi connectivity index (χ3n) is 3.13. The van der Waals surface area contributed by atoms with Crippen LogP contribution in [-0.4, -0.2) is 28.3 Å². The van der Waals surface area contributed by atoms with Crippen LogP contribution < -0.4 is 20.1 Å². The molecule has 0 aliphatic rings. The fourth-order valence-electron chi connectivity index (χ4n) is 1.94. The van der Waals surface area contributed by atoms with E-state index in [1.165, 1.54) is 0 Å². The van der Waals surface area contributed by atoms with Crippen LogP contribution in [-0.2, 0) is 0 Å². The van der Waals surface area contributed by atoms with Crippen molar-refractivity contribution in [3.63, 3.8) is 0 Å². The molecule has 22 heavy (non-hydrogen) atoms. The summed E-state index contributed by atoms with van der Waals surface area (Å²) < 4.78 is 10.6. The zero-order chi connectivity index (χ0) is 16.1. The minimum atomic E-state index is 0.510. The molecular weight excluding hydrogens is 280 g/mol. The van der Waals surface area contributed by atoms with Gasteiger partial charge in [0, 0.05) is 37.6 Å². The van der Waals surface area contributed by atoms with E-state index >= 15 is 0 Å². The van der Waals surface area contributed by atoms with E-state index < -0.39 is 0 Å². The molecule has 0 saturated carbocycles. The standard InChI is InChI=1S/C16H20N4O2/c1-20(2)13-7-5-12(6-8-13)18-19-16-14(21-3)9-11(17)10-15(16)22-4/h5-10H,17H2,1-4H3/b19-18+. The molecule has 0 amide bonds. The monoisotopic (exact) mass is 300 g/mol. The number of rotatable bonds is 5.